The van der Waals surface area contributed by atoms with Crippen LogP contribution in [0.2, 0.25) is 0 Å². The van der Waals surface area contributed by atoms with Gasteiger partial charge in [0.15, 0.2) is 5.11 Å². The number of nitrogens with two attached hydrogens (primary N) is 1. The van der Waals surface area contributed by atoms with Gasteiger partial charge in [0, 0.05) is 0 Å². The summed E-state index contributed by atoms with van der Waals surface area (Å²) in [6.07, 6.45) is 0.794. The number of nitrogens with one attached hydrogen (secondary N) is 1. The lowest BCUT2D eigenvalue weighted by Gasteiger charge is -2.05. The van der Waals surface area contributed by atoms with Gasteiger partial charge in [-0.1, -0.05) is 6.92 Å². The average Bonchev–Trinajstić information content (AvgIpc) is 2.30. The summed E-state index contributed by atoms with van der Waals surface area (Å²) in [4.78, 5) is 0. The van der Waals surface area contributed by atoms with Gasteiger partial charge in [-0.3, -0.25) is 5.43 Å². The minimum absolute atomic E-state index is 0.166. The molecule has 0 saturated carbocycles. The predicted molar refractivity (Wildman–Crippen MR) is 69.7 cm³/mol. The third-order valence-electron chi connectivity index (χ3n) is 2.06. The van der Waals surface area contributed by atoms with Crippen LogP contribution in [0.25, 0.3) is 0 Å². The second-order valence-electron chi connectivity index (χ2n) is 3.12. The molecule has 0 heterocycles. The molecule has 0 aromatic heterocycles. The average molecular weight is 237 g/mol. The summed E-state index contributed by atoms with van der Waals surface area (Å²) in [7, 11) is 1.64. The maximum absolute atomic E-state index is 5.31. The van der Waals surface area contributed by atoms with Crippen molar-refractivity contribution in [2.24, 2.45) is 10.8 Å². The molecule has 1 aromatic rings. The van der Waals surface area contributed by atoms with Gasteiger partial charge in [-0.15, -0.1) is 0 Å². The Balaban J connectivity index is 2.86. The standard InChI is InChI=1S/C11H15N3OS/c1-3-10(13-14-11(12)16)8-4-6-9(15-2)7-5-8/h4-7H,3H2,1-2H3,(H3,12,14,16)/b13-10-. The van der Waals surface area contributed by atoms with E-state index in [1.807, 2.05) is 31.2 Å². The van der Waals surface area contributed by atoms with Crippen LogP contribution in [-0.4, -0.2) is 17.9 Å². The van der Waals surface area contributed by atoms with Crippen molar-refractivity contribution in [3.63, 3.8) is 0 Å². The quantitative estimate of drug-likeness (QED) is 0.475. The molecular weight excluding hydrogens is 222 g/mol. The fourth-order valence-corrected chi connectivity index (χ4v) is 1.30. The lowest BCUT2D eigenvalue weighted by Crippen LogP contribution is -2.25. The maximum Gasteiger partial charge on any atom is 0.184 e. The van der Waals surface area contributed by atoms with E-state index < -0.39 is 0 Å². The molecule has 1 aromatic carbocycles. The summed E-state index contributed by atoms with van der Waals surface area (Å²) in [6.45, 7) is 2.02. The van der Waals surface area contributed by atoms with E-state index in [4.69, 9.17) is 22.7 Å². The molecule has 16 heavy (non-hydrogen) atoms. The molecule has 5 heteroatoms. The van der Waals surface area contributed by atoms with Gasteiger partial charge in [-0.05, 0) is 48.5 Å². The number of thiocarbonyl (C=S) groups is 1. The molecule has 86 valence electrons. The van der Waals surface area contributed by atoms with Gasteiger partial charge < -0.3 is 10.5 Å². The highest BCUT2D eigenvalue weighted by atomic mass is 32.1. The van der Waals surface area contributed by atoms with Gasteiger partial charge in [0.05, 0.1) is 12.8 Å². The van der Waals surface area contributed by atoms with Crippen molar-refractivity contribution >= 4 is 23.0 Å². The Labute approximate surface area is 100 Å². The minimum atomic E-state index is 0.166. The van der Waals surface area contributed by atoms with Crippen molar-refractivity contribution in [2.45, 2.75) is 13.3 Å². The second-order valence-corrected chi connectivity index (χ2v) is 3.56. The number of benzene rings is 1. The van der Waals surface area contributed by atoms with Crippen LogP contribution in [0.15, 0.2) is 29.4 Å². The summed E-state index contributed by atoms with van der Waals surface area (Å²) >= 11 is 4.69. The molecule has 0 spiro atoms. The number of ether oxygens (including phenoxy) is 1. The Kier molecular flexibility index (Phi) is 4.72. The van der Waals surface area contributed by atoms with E-state index in [-0.39, 0.29) is 5.11 Å². The molecule has 0 aliphatic carbocycles. The van der Waals surface area contributed by atoms with Gasteiger partial charge in [0.1, 0.15) is 5.75 Å². The fraction of sp³-hybridized carbons (Fsp3) is 0.273. The van der Waals surface area contributed by atoms with E-state index >= 15 is 0 Å². The zero-order chi connectivity index (χ0) is 12.0. The first kappa shape index (κ1) is 12.4. The van der Waals surface area contributed by atoms with E-state index in [0.29, 0.717) is 0 Å². The van der Waals surface area contributed by atoms with Crippen LogP contribution in [0.3, 0.4) is 0 Å². The summed E-state index contributed by atoms with van der Waals surface area (Å²) in [5, 5.41) is 4.29. The molecule has 1 rings (SSSR count). The topological polar surface area (TPSA) is 59.6 Å². The predicted octanol–water partition coefficient (Wildman–Crippen LogP) is 1.64. The van der Waals surface area contributed by atoms with Crippen LogP contribution in [0, 0.1) is 0 Å². The van der Waals surface area contributed by atoms with Gasteiger partial charge in [0.2, 0.25) is 0 Å². The Hall–Kier alpha value is -1.62. The monoisotopic (exact) mass is 237 g/mol. The largest absolute Gasteiger partial charge is 0.497 e. The molecule has 0 atom stereocenters. The Bertz CT molecular complexity index is 387. The molecule has 0 aliphatic heterocycles. The molecule has 0 fully saturated rings. The summed E-state index contributed by atoms with van der Waals surface area (Å²) in [5.41, 5.74) is 9.82. The molecule has 0 saturated heterocycles. The van der Waals surface area contributed by atoms with Crippen molar-refractivity contribution in [1.82, 2.24) is 5.43 Å². The van der Waals surface area contributed by atoms with E-state index in [0.717, 1.165) is 23.4 Å². The zero-order valence-electron chi connectivity index (χ0n) is 9.36. The number of hydrazone groups is 1. The number of methoxy groups -OCH3 is 1. The first-order chi connectivity index (χ1) is 7.67. The van der Waals surface area contributed by atoms with Crippen LogP contribution < -0.4 is 15.9 Å². The van der Waals surface area contributed by atoms with Gasteiger partial charge >= 0.3 is 0 Å². The first-order valence-electron chi connectivity index (χ1n) is 4.93. The molecule has 0 bridgehead atoms. The Morgan fingerprint density at radius 1 is 1.44 bits per heavy atom. The third-order valence-corrected chi connectivity index (χ3v) is 2.15. The van der Waals surface area contributed by atoms with Crippen molar-refractivity contribution in [3.05, 3.63) is 29.8 Å². The third kappa shape index (κ3) is 3.51. The van der Waals surface area contributed by atoms with Crippen LogP contribution in [0.4, 0.5) is 0 Å². The lowest BCUT2D eigenvalue weighted by atomic mass is 10.1. The van der Waals surface area contributed by atoms with Crippen LogP contribution in [0.5, 0.6) is 5.75 Å². The van der Waals surface area contributed by atoms with Crippen molar-refractivity contribution in [1.29, 1.82) is 0 Å². The molecule has 0 aliphatic rings. The van der Waals surface area contributed by atoms with E-state index in [1.165, 1.54) is 0 Å². The van der Waals surface area contributed by atoms with Gasteiger partial charge in [-0.25, -0.2) is 0 Å². The normalized spacial score (nSPS) is 11.0. The Morgan fingerprint density at radius 2 is 2.06 bits per heavy atom. The molecular formula is C11H15N3OS. The van der Waals surface area contributed by atoms with Gasteiger partial charge in [0.25, 0.3) is 0 Å². The van der Waals surface area contributed by atoms with E-state index in [1.54, 1.807) is 7.11 Å². The highest BCUT2D eigenvalue weighted by molar-refractivity contribution is 7.80. The van der Waals surface area contributed by atoms with Crippen molar-refractivity contribution < 1.29 is 4.74 Å². The smallest absolute Gasteiger partial charge is 0.184 e. The number of hydrogen-bond acceptors (Lipinski definition) is 3. The molecule has 0 amide bonds. The molecule has 0 radical (unpaired) electrons. The van der Waals surface area contributed by atoms with Crippen LogP contribution in [-0.2, 0) is 0 Å². The highest BCUT2D eigenvalue weighted by Gasteiger charge is 2.01. The van der Waals surface area contributed by atoms with Gasteiger partial charge in [-0.2, -0.15) is 5.10 Å². The molecule has 3 N–H and O–H groups in total. The number of nitrogens with zero attached hydrogens (tertiary/aromatic N) is 1. The summed E-state index contributed by atoms with van der Waals surface area (Å²) in [5.74, 6) is 0.821. The maximum atomic E-state index is 5.31. The van der Waals surface area contributed by atoms with Crippen molar-refractivity contribution in [2.75, 3.05) is 7.11 Å². The first-order valence-corrected chi connectivity index (χ1v) is 5.34. The number of rotatable bonds is 4. The van der Waals surface area contributed by atoms with Crippen molar-refractivity contribution in [3.8, 4) is 5.75 Å². The van der Waals surface area contributed by atoms with E-state index in [2.05, 4.69) is 10.5 Å². The Morgan fingerprint density at radius 3 is 2.50 bits per heavy atom. The second kappa shape index (κ2) is 6.07. The molecule has 0 unspecified atom stereocenters. The summed E-state index contributed by atoms with van der Waals surface area (Å²) < 4.78 is 5.08. The lowest BCUT2D eigenvalue weighted by molar-refractivity contribution is 0.415. The zero-order valence-corrected chi connectivity index (χ0v) is 10.2. The fourth-order valence-electron chi connectivity index (χ4n) is 1.25. The number of hydrogen-bond donors (Lipinski definition) is 2. The van der Waals surface area contributed by atoms with Crippen LogP contribution >= 0.6 is 12.2 Å². The van der Waals surface area contributed by atoms with Crippen LogP contribution in [0.1, 0.15) is 18.9 Å². The highest BCUT2D eigenvalue weighted by Crippen LogP contribution is 2.12. The minimum Gasteiger partial charge on any atom is -0.497 e. The SMILES string of the molecule is CC/C(=N/NC(N)=S)c1ccc(OC)cc1. The van der Waals surface area contributed by atoms with E-state index in [9.17, 15) is 0 Å². The molecule has 4 nitrogen and oxygen atoms in total. The summed E-state index contributed by atoms with van der Waals surface area (Å²) in [6, 6.07) is 7.67.